The molecule has 1 aliphatic carbocycles. The zero-order valence-electron chi connectivity index (χ0n) is 85.5. The molecule has 3 heterocycles. The number of phenolic OH excluding ortho intramolecular Hbond substituents is 9. The molecule has 16 nitrogen and oxygen atoms in total. The molecule has 0 fully saturated rings. The fourth-order valence-electron chi connectivity index (χ4n) is 16.2. The standard InChI is InChI=1S/C33H22O2.2C20H14O4.C19H14O5S.C7H8O.5C3H8.5C2H6/c34-27-15-11-21-17-25(13-9-23(21)19-27)33(26-14-10-24-20-28(35)16-12-22(24)18-26)31-7-3-1-5-29(31)30-6-2-4-8-32(30)33;2*21-15-9-5-13(6-10-15)20(14-7-11-16(22)12-8-14)18-4-2-1-3-17(18)19(23)24-20;20-15-9-5-13(6-10-15)19(14-7-11-16(21)12-8-14)17-3-1-2-4-18(17)25(22,23)24-19;1-6-3-2-4-7(8)5-6;5*1-3-2;5*1-2/h1-20,34-35H;2*1-12,21-22H;1-12,20-21H;2-5,8H,1H3;5*3H2,1-2H3;5*1-2H3. The summed E-state index contributed by atoms with van der Waals surface area (Å²) in [6.45, 7) is 43.2. The lowest BCUT2D eigenvalue weighted by molar-refractivity contribution is 0.0242. The third-order valence-corrected chi connectivity index (χ3v) is 22.8. The number of phenols is 9. The third-order valence-electron chi connectivity index (χ3n) is 21.4. The lowest BCUT2D eigenvalue weighted by Crippen LogP contribution is -2.29. The largest absolute Gasteiger partial charge is 0.508 e. The summed E-state index contributed by atoms with van der Waals surface area (Å²) in [5.41, 5.74) is 11.4. The summed E-state index contributed by atoms with van der Waals surface area (Å²) < 4.78 is 42.7. The number of carbonyl (C=O) groups excluding carboxylic acids is 2. The van der Waals surface area contributed by atoms with Crippen LogP contribution in [0.4, 0.5) is 0 Å². The van der Waals surface area contributed by atoms with Crippen LogP contribution in [0.5, 0.6) is 51.7 Å². The van der Waals surface area contributed by atoms with Crippen LogP contribution in [0.25, 0.3) is 32.7 Å². The fourth-order valence-corrected chi connectivity index (χ4v) is 17.6. The molecule has 16 aromatic carbocycles. The first-order valence-corrected chi connectivity index (χ1v) is 50.5. The van der Waals surface area contributed by atoms with Gasteiger partial charge in [-0.25, -0.2) is 13.8 Å². The van der Waals surface area contributed by atoms with E-state index in [4.69, 9.17) is 18.8 Å². The molecule has 141 heavy (non-hydrogen) atoms. The van der Waals surface area contributed by atoms with E-state index in [1.165, 1.54) is 95.8 Å². The number of esters is 2. The van der Waals surface area contributed by atoms with E-state index in [9.17, 15) is 58.9 Å². The van der Waals surface area contributed by atoms with E-state index >= 15 is 0 Å². The highest BCUT2D eigenvalue weighted by Crippen LogP contribution is 2.58. The van der Waals surface area contributed by atoms with Crippen LogP contribution in [0.2, 0.25) is 0 Å². The molecule has 0 saturated carbocycles. The summed E-state index contributed by atoms with van der Waals surface area (Å²) in [4.78, 5) is 25.0. The SMILES string of the molecule is CC.CC.CC.CC.CC.CCC.CCC.CCC.CCC.CCC.Cc1cccc(O)c1.O=C1OC(c2ccc(O)cc2)(c2ccc(O)cc2)c2ccccc21.O=C1OC(c2ccc(O)cc2)(c2ccc(O)cc2)c2ccccc21.O=S1(=O)OC(c2ccc(O)cc2)(c2ccc(O)cc2)c2ccccc21.Oc1ccc2cc(C3(c4ccc5cc(O)ccc5c4)c4ccccc4-c4ccccc43)ccc2c1. The van der Waals surface area contributed by atoms with Gasteiger partial charge in [0, 0.05) is 38.9 Å². The molecule has 9 N–H and O–H groups in total. The number of aromatic hydroxyl groups is 9. The number of hydrogen-bond donors (Lipinski definition) is 9. The molecular weight excluding hydrogens is 1780 g/mol. The Morgan fingerprint density at radius 3 is 0.738 bits per heavy atom. The number of benzene rings is 16. The number of carbonyl (C=O) groups is 2. The maximum Gasteiger partial charge on any atom is 0.340 e. The average molecular weight is 1920 g/mol. The van der Waals surface area contributed by atoms with Crippen LogP contribution >= 0.6 is 0 Å². The first kappa shape index (κ1) is 115. The summed E-state index contributed by atoms with van der Waals surface area (Å²) in [5, 5.41) is 90.6. The smallest absolute Gasteiger partial charge is 0.340 e. The monoisotopic (exact) mass is 1920 g/mol. The second kappa shape index (κ2) is 56.2. The van der Waals surface area contributed by atoms with Crippen molar-refractivity contribution in [3.8, 4) is 62.9 Å². The average Bonchev–Trinajstić information content (AvgIpc) is 1.53. The summed E-state index contributed by atoms with van der Waals surface area (Å²) in [7, 11) is -3.95. The third kappa shape index (κ3) is 26.8. The van der Waals surface area contributed by atoms with E-state index in [0.717, 1.165) is 60.5 Å². The van der Waals surface area contributed by atoms with Gasteiger partial charge in [0.1, 0.15) is 56.6 Å². The highest BCUT2D eigenvalue weighted by atomic mass is 32.2. The quantitative estimate of drug-likeness (QED) is 0.0505. The van der Waals surface area contributed by atoms with Gasteiger partial charge in [-0.3, -0.25) is 0 Å². The van der Waals surface area contributed by atoms with Crippen LogP contribution in [-0.2, 0) is 46.0 Å². The highest BCUT2D eigenvalue weighted by molar-refractivity contribution is 7.87. The summed E-state index contributed by atoms with van der Waals surface area (Å²) in [6, 6.07) is 109. The van der Waals surface area contributed by atoms with Crippen molar-refractivity contribution in [2.24, 2.45) is 0 Å². The van der Waals surface area contributed by atoms with Crippen molar-refractivity contribution >= 4 is 43.6 Å². The van der Waals surface area contributed by atoms with Crippen LogP contribution < -0.4 is 0 Å². The number of fused-ring (bicyclic) bond motifs is 8. The van der Waals surface area contributed by atoms with E-state index < -0.39 is 44.3 Å². The molecule has 17 heteroatoms. The number of aryl methyl sites for hydroxylation is 1. The van der Waals surface area contributed by atoms with Gasteiger partial charge in [0.05, 0.1) is 16.5 Å². The molecule has 20 rings (SSSR count). The Bertz CT molecular complexity index is 6200. The Morgan fingerprint density at radius 2 is 0.454 bits per heavy atom. The van der Waals surface area contributed by atoms with E-state index in [1.54, 1.807) is 188 Å². The zero-order valence-corrected chi connectivity index (χ0v) is 86.3. The molecular formula is C124H142O16S. The van der Waals surface area contributed by atoms with Gasteiger partial charge in [0.15, 0.2) is 16.8 Å². The van der Waals surface area contributed by atoms with Gasteiger partial charge in [-0.1, -0.05) is 395 Å². The van der Waals surface area contributed by atoms with Crippen molar-refractivity contribution < 1.29 is 77.6 Å². The van der Waals surface area contributed by atoms with Gasteiger partial charge in [-0.2, -0.15) is 8.42 Å². The molecule has 0 atom stereocenters. The molecule has 0 unspecified atom stereocenters. The van der Waals surface area contributed by atoms with Gasteiger partial charge >= 0.3 is 11.9 Å². The molecule has 4 aliphatic rings. The van der Waals surface area contributed by atoms with Crippen LogP contribution in [-0.4, -0.2) is 66.3 Å². The predicted octanol–water partition coefficient (Wildman–Crippen LogP) is 31.9. The summed E-state index contributed by atoms with van der Waals surface area (Å²) in [6.07, 6.45) is 6.25. The lowest BCUT2D eigenvalue weighted by atomic mass is 9.67. The maximum atomic E-state index is 12.6. The Kier molecular flexibility index (Phi) is 45.8. The van der Waals surface area contributed by atoms with Crippen molar-refractivity contribution in [1.29, 1.82) is 0 Å². The first-order valence-electron chi connectivity index (χ1n) is 49.1. The highest BCUT2D eigenvalue weighted by Gasteiger charge is 2.53. The van der Waals surface area contributed by atoms with Crippen molar-refractivity contribution in [3.63, 3.8) is 0 Å². The topological polar surface area (TPSA) is 278 Å². The molecule has 0 amide bonds. The second-order valence-corrected chi connectivity index (χ2v) is 33.5. The van der Waals surface area contributed by atoms with Crippen LogP contribution in [0.1, 0.15) is 269 Å². The molecule has 16 aromatic rings. The van der Waals surface area contributed by atoms with Crippen molar-refractivity contribution in [2.75, 3.05) is 0 Å². The van der Waals surface area contributed by atoms with Crippen molar-refractivity contribution in [2.45, 2.75) is 205 Å². The normalized spacial score (nSPS) is 12.9. The van der Waals surface area contributed by atoms with Gasteiger partial charge in [-0.15, -0.1) is 0 Å². The second-order valence-electron chi connectivity index (χ2n) is 31.9. The Hall–Kier alpha value is -14.9. The minimum atomic E-state index is -3.95. The number of rotatable bonds is 8. The Balaban J connectivity index is 0.000000262. The van der Waals surface area contributed by atoms with Gasteiger partial charge < -0.3 is 55.4 Å². The molecule has 740 valence electrons. The first-order chi connectivity index (χ1) is 68.2. The molecule has 0 bridgehead atoms. The van der Waals surface area contributed by atoms with Gasteiger partial charge in [0.2, 0.25) is 0 Å². The van der Waals surface area contributed by atoms with E-state index in [0.29, 0.717) is 33.6 Å². The van der Waals surface area contributed by atoms with Gasteiger partial charge in [-0.05, 0) is 218 Å². The molecule has 0 saturated heterocycles. The van der Waals surface area contributed by atoms with Gasteiger partial charge in [0.25, 0.3) is 10.1 Å². The van der Waals surface area contributed by atoms with E-state index in [-0.39, 0.29) is 50.9 Å². The maximum absolute atomic E-state index is 12.6. The molecule has 0 radical (unpaired) electrons. The molecule has 3 aliphatic heterocycles. The molecule has 0 aromatic heterocycles. The van der Waals surface area contributed by atoms with Crippen molar-refractivity contribution in [3.05, 3.63) is 453 Å². The predicted molar refractivity (Wildman–Crippen MR) is 578 cm³/mol. The minimum Gasteiger partial charge on any atom is -0.508 e. The molecule has 0 spiro atoms. The lowest BCUT2D eigenvalue weighted by Gasteiger charge is -2.34. The van der Waals surface area contributed by atoms with Crippen molar-refractivity contribution in [1.82, 2.24) is 0 Å². The Labute approximate surface area is 836 Å². The fraction of sp³-hybridized carbons (Fsp3) is 0.242. The number of hydrogen-bond acceptors (Lipinski definition) is 16. The number of cyclic esters (lactones) is 2. The summed E-state index contributed by atoms with van der Waals surface area (Å²) in [5.74, 6) is 0.772. The minimum absolute atomic E-state index is 0.0683. The number of ether oxygens (including phenoxy) is 2. The van der Waals surface area contributed by atoms with Crippen LogP contribution in [0.3, 0.4) is 0 Å². The van der Waals surface area contributed by atoms with Crippen LogP contribution in [0.15, 0.2) is 369 Å². The zero-order chi connectivity index (χ0) is 104. The summed E-state index contributed by atoms with van der Waals surface area (Å²) >= 11 is 0. The van der Waals surface area contributed by atoms with E-state index in [2.05, 4.69) is 154 Å². The Morgan fingerprint density at radius 1 is 0.227 bits per heavy atom. The van der Waals surface area contributed by atoms with E-state index in [1.807, 2.05) is 137 Å². The van der Waals surface area contributed by atoms with Crippen LogP contribution in [0, 0.1) is 6.92 Å².